The molecule has 2 unspecified atom stereocenters. The van der Waals surface area contributed by atoms with Gasteiger partial charge in [0, 0.05) is 18.8 Å². The van der Waals surface area contributed by atoms with Gasteiger partial charge in [0.2, 0.25) is 0 Å². The van der Waals surface area contributed by atoms with Crippen LogP contribution in [0.1, 0.15) is 24.8 Å². The van der Waals surface area contributed by atoms with Crippen LogP contribution in [0.3, 0.4) is 0 Å². The summed E-state index contributed by atoms with van der Waals surface area (Å²) in [5.74, 6) is -1.05. The van der Waals surface area contributed by atoms with Crippen LogP contribution in [0.4, 0.5) is 5.69 Å². The molecule has 0 aliphatic carbocycles. The molecule has 1 aliphatic rings. The molecular weight excluding hydrogens is 272 g/mol. The predicted molar refractivity (Wildman–Crippen MR) is 78.3 cm³/mol. The van der Waals surface area contributed by atoms with Crippen molar-refractivity contribution in [2.75, 3.05) is 25.0 Å². The maximum atomic E-state index is 12.0. The molecule has 0 saturated carbocycles. The number of hydrogen-bond acceptors (Lipinski definition) is 4. The van der Waals surface area contributed by atoms with E-state index in [1.807, 2.05) is 19.1 Å². The van der Waals surface area contributed by atoms with E-state index in [4.69, 9.17) is 9.84 Å². The van der Waals surface area contributed by atoms with Crippen molar-refractivity contribution in [3.8, 4) is 0 Å². The van der Waals surface area contributed by atoms with E-state index in [0.29, 0.717) is 18.8 Å². The Balaban J connectivity index is 1.92. The van der Waals surface area contributed by atoms with Gasteiger partial charge < -0.3 is 20.5 Å². The third-order valence-electron chi connectivity index (χ3n) is 3.45. The lowest BCUT2D eigenvalue weighted by atomic mass is 9.98. The molecule has 1 heterocycles. The normalized spacial score (nSPS) is 19.8. The van der Waals surface area contributed by atoms with Crippen LogP contribution in [0.2, 0.25) is 0 Å². The Morgan fingerprint density at radius 2 is 2.14 bits per heavy atom. The van der Waals surface area contributed by atoms with Gasteiger partial charge >= 0.3 is 5.97 Å². The standard InChI is InChI=1S/C15H20N2O4/c1-10(8-14(18)19)11-2-4-12(5-3-11)17-15(20)13-9-16-6-7-21-13/h2-5,10,13,16H,6-9H2,1H3,(H,17,20)(H,18,19). The monoisotopic (exact) mass is 292 g/mol. The summed E-state index contributed by atoms with van der Waals surface area (Å²) in [4.78, 5) is 22.7. The van der Waals surface area contributed by atoms with Crippen molar-refractivity contribution >= 4 is 17.6 Å². The summed E-state index contributed by atoms with van der Waals surface area (Å²) in [6.45, 7) is 3.67. The number of carboxylic acids is 1. The SMILES string of the molecule is CC(CC(=O)O)c1ccc(NC(=O)C2CNCCO2)cc1. The molecule has 1 saturated heterocycles. The number of carbonyl (C=O) groups is 2. The van der Waals surface area contributed by atoms with Crippen LogP contribution in [0.15, 0.2) is 24.3 Å². The first kappa shape index (κ1) is 15.5. The van der Waals surface area contributed by atoms with Gasteiger partial charge in [0.25, 0.3) is 5.91 Å². The van der Waals surface area contributed by atoms with Crippen LogP contribution < -0.4 is 10.6 Å². The van der Waals surface area contributed by atoms with Gasteiger partial charge in [-0.1, -0.05) is 19.1 Å². The zero-order valence-corrected chi connectivity index (χ0v) is 12.0. The van der Waals surface area contributed by atoms with Crippen molar-refractivity contribution in [3.05, 3.63) is 29.8 Å². The molecule has 1 fully saturated rings. The van der Waals surface area contributed by atoms with E-state index in [1.165, 1.54) is 0 Å². The largest absolute Gasteiger partial charge is 0.481 e. The molecule has 6 nitrogen and oxygen atoms in total. The lowest BCUT2D eigenvalue weighted by Gasteiger charge is -2.22. The maximum Gasteiger partial charge on any atom is 0.303 e. The number of hydrogen-bond donors (Lipinski definition) is 3. The Morgan fingerprint density at radius 1 is 1.43 bits per heavy atom. The highest BCUT2D eigenvalue weighted by atomic mass is 16.5. The highest BCUT2D eigenvalue weighted by molar-refractivity contribution is 5.94. The number of nitrogens with one attached hydrogen (secondary N) is 2. The fourth-order valence-electron chi connectivity index (χ4n) is 2.23. The number of benzene rings is 1. The first-order chi connectivity index (χ1) is 10.1. The van der Waals surface area contributed by atoms with Gasteiger partial charge in [-0.2, -0.15) is 0 Å². The van der Waals surface area contributed by atoms with Gasteiger partial charge in [0.05, 0.1) is 13.0 Å². The molecule has 0 aromatic heterocycles. The molecule has 2 atom stereocenters. The minimum absolute atomic E-state index is 0.0573. The van der Waals surface area contributed by atoms with Crippen molar-refractivity contribution in [2.45, 2.75) is 25.4 Å². The van der Waals surface area contributed by atoms with E-state index in [-0.39, 0.29) is 18.2 Å². The summed E-state index contributed by atoms with van der Waals surface area (Å²) < 4.78 is 5.38. The molecular formula is C15H20N2O4. The number of ether oxygens (including phenoxy) is 1. The molecule has 6 heteroatoms. The second-order valence-electron chi connectivity index (χ2n) is 5.17. The number of aliphatic carboxylic acids is 1. The number of carboxylic acid groups (broad SMARTS) is 1. The Labute approximate surface area is 123 Å². The Morgan fingerprint density at radius 3 is 2.71 bits per heavy atom. The smallest absolute Gasteiger partial charge is 0.303 e. The second-order valence-corrected chi connectivity index (χ2v) is 5.17. The van der Waals surface area contributed by atoms with Gasteiger partial charge in [0.1, 0.15) is 6.10 Å². The summed E-state index contributed by atoms with van der Waals surface area (Å²) in [6.07, 6.45) is -0.378. The van der Waals surface area contributed by atoms with Gasteiger partial charge in [-0.25, -0.2) is 0 Å². The molecule has 1 aliphatic heterocycles. The number of morpholine rings is 1. The van der Waals surface area contributed by atoms with Crippen LogP contribution in [-0.2, 0) is 14.3 Å². The highest BCUT2D eigenvalue weighted by Gasteiger charge is 2.21. The third kappa shape index (κ3) is 4.54. The first-order valence-corrected chi connectivity index (χ1v) is 7.01. The van der Waals surface area contributed by atoms with Gasteiger partial charge in [0.15, 0.2) is 0 Å². The van der Waals surface area contributed by atoms with Crippen LogP contribution in [0, 0.1) is 0 Å². The number of carbonyl (C=O) groups excluding carboxylic acids is 1. The van der Waals surface area contributed by atoms with Crippen LogP contribution in [0.25, 0.3) is 0 Å². The molecule has 114 valence electrons. The summed E-state index contributed by atoms with van der Waals surface area (Å²) in [5.41, 5.74) is 1.62. The molecule has 1 aromatic rings. The van der Waals surface area contributed by atoms with Crippen molar-refractivity contribution in [1.29, 1.82) is 0 Å². The maximum absolute atomic E-state index is 12.0. The van der Waals surface area contributed by atoms with Crippen molar-refractivity contribution in [1.82, 2.24) is 5.32 Å². The summed E-state index contributed by atoms with van der Waals surface area (Å²) in [7, 11) is 0. The van der Waals surface area contributed by atoms with Crippen LogP contribution >= 0.6 is 0 Å². The number of amides is 1. The predicted octanol–water partition coefficient (Wildman–Crippen LogP) is 1.19. The number of anilines is 1. The zero-order valence-electron chi connectivity index (χ0n) is 12.0. The molecule has 0 radical (unpaired) electrons. The molecule has 0 bridgehead atoms. The Hall–Kier alpha value is -1.92. The Kier molecular flexibility index (Phi) is 5.30. The molecule has 1 aromatic carbocycles. The fraction of sp³-hybridized carbons (Fsp3) is 0.467. The average molecular weight is 292 g/mol. The van der Waals surface area contributed by atoms with Crippen molar-refractivity contribution < 1.29 is 19.4 Å². The van der Waals surface area contributed by atoms with Crippen LogP contribution in [0.5, 0.6) is 0 Å². The zero-order chi connectivity index (χ0) is 15.2. The third-order valence-corrected chi connectivity index (χ3v) is 3.45. The average Bonchev–Trinajstić information content (AvgIpc) is 2.48. The minimum Gasteiger partial charge on any atom is -0.481 e. The summed E-state index contributed by atoms with van der Waals surface area (Å²) in [5, 5.41) is 14.7. The summed E-state index contributed by atoms with van der Waals surface area (Å²) >= 11 is 0. The van der Waals surface area contributed by atoms with Gasteiger partial charge in [-0.05, 0) is 23.6 Å². The van der Waals surface area contributed by atoms with Crippen LogP contribution in [-0.4, -0.2) is 42.8 Å². The molecule has 0 spiro atoms. The Bertz CT molecular complexity index is 495. The van der Waals surface area contributed by atoms with E-state index < -0.39 is 12.1 Å². The minimum atomic E-state index is -0.818. The van der Waals surface area contributed by atoms with Crippen molar-refractivity contribution in [3.63, 3.8) is 0 Å². The molecule has 3 N–H and O–H groups in total. The van der Waals surface area contributed by atoms with E-state index in [2.05, 4.69) is 10.6 Å². The van der Waals surface area contributed by atoms with Gasteiger partial charge in [-0.3, -0.25) is 9.59 Å². The second kappa shape index (κ2) is 7.19. The fourth-order valence-corrected chi connectivity index (χ4v) is 2.23. The van der Waals surface area contributed by atoms with E-state index in [1.54, 1.807) is 12.1 Å². The molecule has 2 rings (SSSR count). The van der Waals surface area contributed by atoms with E-state index >= 15 is 0 Å². The first-order valence-electron chi connectivity index (χ1n) is 7.01. The quantitative estimate of drug-likeness (QED) is 0.759. The highest BCUT2D eigenvalue weighted by Crippen LogP contribution is 2.21. The summed E-state index contributed by atoms with van der Waals surface area (Å²) in [6, 6.07) is 7.23. The lowest BCUT2D eigenvalue weighted by Crippen LogP contribution is -2.45. The molecule has 1 amide bonds. The number of rotatable bonds is 5. The van der Waals surface area contributed by atoms with Gasteiger partial charge in [-0.15, -0.1) is 0 Å². The van der Waals surface area contributed by atoms with Crippen molar-refractivity contribution in [2.24, 2.45) is 0 Å². The molecule has 21 heavy (non-hydrogen) atoms. The van der Waals surface area contributed by atoms with E-state index in [0.717, 1.165) is 12.1 Å². The van der Waals surface area contributed by atoms with E-state index in [9.17, 15) is 9.59 Å². The lowest BCUT2D eigenvalue weighted by molar-refractivity contribution is -0.137. The topological polar surface area (TPSA) is 87.7 Å².